The third kappa shape index (κ3) is 1.64. The lowest BCUT2D eigenvalue weighted by Crippen LogP contribution is -2.46. The minimum atomic E-state index is 0.475. The van der Waals surface area contributed by atoms with Crippen molar-refractivity contribution in [2.24, 2.45) is 5.73 Å². The minimum Gasteiger partial charge on any atom is -0.326 e. The molecule has 2 N–H and O–H groups in total. The van der Waals surface area contributed by atoms with Crippen molar-refractivity contribution in [1.82, 2.24) is 4.90 Å². The molecule has 2 nitrogen and oxygen atoms in total. The Kier molecular flexibility index (Phi) is 2.66. The van der Waals surface area contributed by atoms with Crippen LogP contribution in [0.3, 0.4) is 0 Å². The van der Waals surface area contributed by atoms with Crippen LogP contribution in [0.4, 0.5) is 0 Å². The lowest BCUT2D eigenvalue weighted by molar-refractivity contribution is 0.154. The van der Waals surface area contributed by atoms with Gasteiger partial charge in [-0.1, -0.05) is 12.8 Å². The topological polar surface area (TPSA) is 29.3 Å². The fraction of sp³-hybridized carbons (Fsp3) is 1.00. The van der Waals surface area contributed by atoms with Crippen LogP contribution in [-0.2, 0) is 0 Å². The minimum absolute atomic E-state index is 0.475. The molecular formula is C10H20N2. The number of hydrogen-bond donors (Lipinski definition) is 1. The molecule has 0 amide bonds. The van der Waals surface area contributed by atoms with Crippen LogP contribution in [0, 0.1) is 0 Å². The summed E-state index contributed by atoms with van der Waals surface area (Å²) in [5.74, 6) is 0. The molecule has 2 rings (SSSR count). The van der Waals surface area contributed by atoms with Crippen molar-refractivity contribution in [3.8, 4) is 0 Å². The molecule has 0 aromatic heterocycles. The molecule has 0 unspecified atom stereocenters. The van der Waals surface area contributed by atoms with Gasteiger partial charge < -0.3 is 5.73 Å². The summed E-state index contributed by atoms with van der Waals surface area (Å²) in [5, 5.41) is 0. The van der Waals surface area contributed by atoms with Gasteiger partial charge in [0, 0.05) is 12.1 Å². The standard InChI is InChI=1S/C10H20N2/c11-9-5-4-6-10(9)12-7-2-1-3-8-12/h9-10H,1-8,11H2/t9-,10+/m1/s1. The van der Waals surface area contributed by atoms with E-state index in [1.807, 2.05) is 0 Å². The highest BCUT2D eigenvalue weighted by Gasteiger charge is 2.29. The first-order valence-corrected chi connectivity index (χ1v) is 5.37. The van der Waals surface area contributed by atoms with Crippen LogP contribution in [0.2, 0.25) is 0 Å². The maximum absolute atomic E-state index is 6.07. The SMILES string of the molecule is N[C@@H]1CCC[C@@H]1N1CCCCC1. The van der Waals surface area contributed by atoms with Gasteiger partial charge in [0.15, 0.2) is 0 Å². The molecule has 70 valence electrons. The Morgan fingerprint density at radius 3 is 2.25 bits per heavy atom. The molecule has 1 heterocycles. The number of nitrogens with zero attached hydrogens (tertiary/aromatic N) is 1. The van der Waals surface area contributed by atoms with E-state index in [1.165, 1.54) is 51.6 Å². The predicted molar refractivity (Wildman–Crippen MR) is 51.0 cm³/mol. The molecular weight excluding hydrogens is 148 g/mol. The first kappa shape index (κ1) is 8.52. The maximum atomic E-state index is 6.07. The van der Waals surface area contributed by atoms with Crippen LogP contribution >= 0.6 is 0 Å². The lowest BCUT2D eigenvalue weighted by Gasteiger charge is -2.34. The molecule has 0 bridgehead atoms. The Balaban J connectivity index is 1.89. The molecule has 1 saturated heterocycles. The number of hydrogen-bond acceptors (Lipinski definition) is 2. The zero-order valence-electron chi connectivity index (χ0n) is 7.84. The Bertz CT molecular complexity index is 141. The van der Waals surface area contributed by atoms with Crippen molar-refractivity contribution in [3.63, 3.8) is 0 Å². The largest absolute Gasteiger partial charge is 0.326 e. The van der Waals surface area contributed by atoms with Gasteiger partial charge in [-0.2, -0.15) is 0 Å². The number of nitrogens with two attached hydrogens (primary N) is 1. The Morgan fingerprint density at radius 2 is 1.67 bits per heavy atom. The van der Waals surface area contributed by atoms with Crippen molar-refractivity contribution < 1.29 is 0 Å². The second-order valence-corrected chi connectivity index (χ2v) is 4.26. The molecule has 2 fully saturated rings. The Labute approximate surface area is 75.1 Å². The van der Waals surface area contributed by atoms with Crippen molar-refractivity contribution in [2.45, 2.75) is 50.6 Å². The second-order valence-electron chi connectivity index (χ2n) is 4.26. The quantitative estimate of drug-likeness (QED) is 0.640. The third-order valence-corrected chi connectivity index (χ3v) is 3.39. The van der Waals surface area contributed by atoms with E-state index in [1.54, 1.807) is 0 Å². The van der Waals surface area contributed by atoms with E-state index in [-0.39, 0.29) is 0 Å². The fourth-order valence-corrected chi connectivity index (χ4v) is 2.67. The average Bonchev–Trinajstić information content (AvgIpc) is 2.53. The van der Waals surface area contributed by atoms with Gasteiger partial charge in [-0.15, -0.1) is 0 Å². The number of likely N-dealkylation sites (tertiary alicyclic amines) is 1. The lowest BCUT2D eigenvalue weighted by atomic mass is 10.1. The first-order chi connectivity index (χ1) is 5.88. The normalized spacial score (nSPS) is 38.8. The van der Waals surface area contributed by atoms with Crippen molar-refractivity contribution in [2.75, 3.05) is 13.1 Å². The molecule has 1 aliphatic heterocycles. The summed E-state index contributed by atoms with van der Waals surface area (Å²) in [6.07, 6.45) is 8.16. The highest BCUT2D eigenvalue weighted by molar-refractivity contribution is 4.88. The van der Waals surface area contributed by atoms with Gasteiger partial charge in [0.2, 0.25) is 0 Å². The zero-order chi connectivity index (χ0) is 8.39. The number of piperidine rings is 1. The number of rotatable bonds is 1. The molecule has 0 radical (unpaired) electrons. The molecule has 2 atom stereocenters. The van der Waals surface area contributed by atoms with E-state index in [9.17, 15) is 0 Å². The van der Waals surface area contributed by atoms with Crippen LogP contribution in [0.5, 0.6) is 0 Å². The van der Waals surface area contributed by atoms with Crippen molar-refractivity contribution >= 4 is 0 Å². The highest BCUT2D eigenvalue weighted by Crippen LogP contribution is 2.25. The van der Waals surface area contributed by atoms with Gasteiger partial charge >= 0.3 is 0 Å². The van der Waals surface area contributed by atoms with Gasteiger partial charge in [0.1, 0.15) is 0 Å². The Hall–Kier alpha value is -0.0800. The molecule has 12 heavy (non-hydrogen) atoms. The molecule has 2 aliphatic rings. The summed E-state index contributed by atoms with van der Waals surface area (Å²) in [4.78, 5) is 2.63. The molecule has 2 heteroatoms. The van der Waals surface area contributed by atoms with Gasteiger partial charge in [-0.25, -0.2) is 0 Å². The highest BCUT2D eigenvalue weighted by atomic mass is 15.2. The van der Waals surface area contributed by atoms with Gasteiger partial charge in [0.05, 0.1) is 0 Å². The van der Waals surface area contributed by atoms with Gasteiger partial charge in [-0.05, 0) is 38.8 Å². The van der Waals surface area contributed by atoms with E-state index in [0.29, 0.717) is 6.04 Å². The molecule has 0 aromatic carbocycles. The first-order valence-electron chi connectivity index (χ1n) is 5.37. The molecule has 0 aromatic rings. The maximum Gasteiger partial charge on any atom is 0.0247 e. The average molecular weight is 168 g/mol. The predicted octanol–water partition coefficient (Wildman–Crippen LogP) is 1.35. The summed E-state index contributed by atoms with van der Waals surface area (Å²) in [5.41, 5.74) is 6.07. The van der Waals surface area contributed by atoms with Gasteiger partial charge in [-0.3, -0.25) is 4.90 Å². The van der Waals surface area contributed by atoms with E-state index < -0.39 is 0 Å². The van der Waals surface area contributed by atoms with Crippen LogP contribution in [0.1, 0.15) is 38.5 Å². The summed E-state index contributed by atoms with van der Waals surface area (Å²) < 4.78 is 0. The van der Waals surface area contributed by atoms with Crippen LogP contribution in [-0.4, -0.2) is 30.1 Å². The summed E-state index contributed by atoms with van der Waals surface area (Å²) >= 11 is 0. The van der Waals surface area contributed by atoms with Crippen LogP contribution in [0.15, 0.2) is 0 Å². The summed E-state index contributed by atoms with van der Waals surface area (Å²) in [6.45, 7) is 2.61. The van der Waals surface area contributed by atoms with Crippen molar-refractivity contribution in [1.29, 1.82) is 0 Å². The fourth-order valence-electron chi connectivity index (χ4n) is 2.67. The third-order valence-electron chi connectivity index (χ3n) is 3.39. The zero-order valence-corrected chi connectivity index (χ0v) is 7.84. The summed E-state index contributed by atoms with van der Waals surface area (Å²) in [6, 6.07) is 1.20. The summed E-state index contributed by atoms with van der Waals surface area (Å²) in [7, 11) is 0. The van der Waals surface area contributed by atoms with E-state index in [0.717, 1.165) is 6.04 Å². The molecule has 0 spiro atoms. The molecule has 1 saturated carbocycles. The smallest absolute Gasteiger partial charge is 0.0247 e. The Morgan fingerprint density at radius 1 is 0.917 bits per heavy atom. The second kappa shape index (κ2) is 3.75. The van der Waals surface area contributed by atoms with E-state index in [2.05, 4.69) is 4.90 Å². The monoisotopic (exact) mass is 168 g/mol. The molecule has 1 aliphatic carbocycles. The van der Waals surface area contributed by atoms with E-state index >= 15 is 0 Å². The van der Waals surface area contributed by atoms with Crippen LogP contribution in [0.25, 0.3) is 0 Å². The van der Waals surface area contributed by atoms with E-state index in [4.69, 9.17) is 5.73 Å². The van der Waals surface area contributed by atoms with Crippen LogP contribution < -0.4 is 5.73 Å². The van der Waals surface area contributed by atoms with Crippen molar-refractivity contribution in [3.05, 3.63) is 0 Å². The van der Waals surface area contributed by atoms with Gasteiger partial charge in [0.25, 0.3) is 0 Å².